The summed E-state index contributed by atoms with van der Waals surface area (Å²) in [6.45, 7) is 2.45. The van der Waals surface area contributed by atoms with Gasteiger partial charge in [0.05, 0.1) is 27.9 Å². The summed E-state index contributed by atoms with van der Waals surface area (Å²) in [5, 5.41) is 14.8. The summed E-state index contributed by atoms with van der Waals surface area (Å²) < 4.78 is 38.0. The van der Waals surface area contributed by atoms with Gasteiger partial charge < -0.3 is 5.32 Å². The van der Waals surface area contributed by atoms with E-state index in [4.69, 9.17) is 5.26 Å². The standard InChI is InChI=1S/C14H12F3N3S/c1-9-20-12(8-21-9)4-5-19-11-2-3-13(14(15,16)17)10(6-11)7-18/h2-3,6,8,19H,4-5H2,1H3. The quantitative estimate of drug-likeness (QED) is 0.928. The van der Waals surface area contributed by atoms with Crippen molar-refractivity contribution in [2.45, 2.75) is 19.5 Å². The molecular weight excluding hydrogens is 299 g/mol. The molecule has 1 aromatic carbocycles. The van der Waals surface area contributed by atoms with Crippen LogP contribution in [-0.2, 0) is 12.6 Å². The van der Waals surface area contributed by atoms with E-state index < -0.39 is 11.7 Å². The Morgan fingerprint density at radius 1 is 1.38 bits per heavy atom. The Morgan fingerprint density at radius 2 is 2.14 bits per heavy atom. The number of halogens is 3. The lowest BCUT2D eigenvalue weighted by Crippen LogP contribution is -2.10. The van der Waals surface area contributed by atoms with Crippen molar-refractivity contribution in [2.75, 3.05) is 11.9 Å². The molecule has 110 valence electrons. The number of alkyl halides is 3. The number of rotatable bonds is 4. The van der Waals surface area contributed by atoms with Crippen LogP contribution in [-0.4, -0.2) is 11.5 Å². The Bertz CT molecular complexity index is 671. The minimum Gasteiger partial charge on any atom is -0.385 e. The van der Waals surface area contributed by atoms with Crippen molar-refractivity contribution < 1.29 is 13.2 Å². The topological polar surface area (TPSA) is 48.7 Å². The van der Waals surface area contributed by atoms with Gasteiger partial charge in [0.1, 0.15) is 0 Å². The van der Waals surface area contributed by atoms with E-state index in [0.29, 0.717) is 18.7 Å². The predicted molar refractivity (Wildman–Crippen MR) is 75.2 cm³/mol. The number of anilines is 1. The molecule has 1 aromatic heterocycles. The Labute approximate surface area is 124 Å². The molecule has 0 aliphatic heterocycles. The van der Waals surface area contributed by atoms with Crippen molar-refractivity contribution in [1.82, 2.24) is 4.98 Å². The molecule has 7 heteroatoms. The number of nitrogens with one attached hydrogen (secondary N) is 1. The third-order valence-corrected chi connectivity index (χ3v) is 3.64. The van der Waals surface area contributed by atoms with Gasteiger partial charge in [-0.15, -0.1) is 11.3 Å². The van der Waals surface area contributed by atoms with Crippen molar-refractivity contribution in [3.63, 3.8) is 0 Å². The Hall–Kier alpha value is -2.07. The van der Waals surface area contributed by atoms with Gasteiger partial charge in [0.15, 0.2) is 0 Å². The third-order valence-electron chi connectivity index (χ3n) is 2.82. The molecule has 0 spiro atoms. The summed E-state index contributed by atoms with van der Waals surface area (Å²) in [6.07, 6.45) is -3.84. The molecule has 2 rings (SSSR count). The summed E-state index contributed by atoms with van der Waals surface area (Å²) in [5.74, 6) is 0. The second-order valence-corrected chi connectivity index (χ2v) is 5.47. The zero-order valence-corrected chi connectivity index (χ0v) is 12.0. The molecule has 0 fully saturated rings. The molecule has 0 amide bonds. The molecule has 0 aliphatic carbocycles. The lowest BCUT2D eigenvalue weighted by molar-refractivity contribution is -0.137. The molecule has 1 N–H and O–H groups in total. The molecule has 0 unspecified atom stereocenters. The zero-order chi connectivity index (χ0) is 15.5. The summed E-state index contributed by atoms with van der Waals surface area (Å²) >= 11 is 1.55. The van der Waals surface area contributed by atoms with Gasteiger partial charge in [0, 0.05) is 24.0 Å². The molecule has 3 nitrogen and oxygen atoms in total. The molecule has 0 radical (unpaired) electrons. The average molecular weight is 311 g/mol. The van der Waals surface area contributed by atoms with Gasteiger partial charge in [0.2, 0.25) is 0 Å². The van der Waals surface area contributed by atoms with Gasteiger partial charge in [0.25, 0.3) is 0 Å². The number of hydrogen-bond acceptors (Lipinski definition) is 4. The van der Waals surface area contributed by atoms with E-state index in [1.165, 1.54) is 12.1 Å². The van der Waals surface area contributed by atoms with E-state index >= 15 is 0 Å². The van der Waals surface area contributed by atoms with Crippen molar-refractivity contribution in [2.24, 2.45) is 0 Å². The van der Waals surface area contributed by atoms with Gasteiger partial charge in [-0.05, 0) is 25.1 Å². The van der Waals surface area contributed by atoms with E-state index in [-0.39, 0.29) is 5.56 Å². The molecule has 0 atom stereocenters. The number of nitrogens with zero attached hydrogens (tertiary/aromatic N) is 2. The van der Waals surface area contributed by atoms with Crippen LogP contribution < -0.4 is 5.32 Å². The fourth-order valence-corrected chi connectivity index (χ4v) is 2.50. The minimum absolute atomic E-state index is 0.378. The van der Waals surface area contributed by atoms with Crippen molar-refractivity contribution in [3.8, 4) is 6.07 Å². The van der Waals surface area contributed by atoms with Crippen LogP contribution >= 0.6 is 11.3 Å². The van der Waals surface area contributed by atoms with Crippen LogP contribution in [0.25, 0.3) is 0 Å². The lowest BCUT2D eigenvalue weighted by atomic mass is 10.1. The van der Waals surface area contributed by atoms with Crippen molar-refractivity contribution in [1.29, 1.82) is 5.26 Å². The average Bonchev–Trinajstić information content (AvgIpc) is 2.83. The van der Waals surface area contributed by atoms with Crippen LogP contribution in [0, 0.1) is 18.3 Å². The Morgan fingerprint density at radius 3 is 2.71 bits per heavy atom. The lowest BCUT2D eigenvalue weighted by Gasteiger charge is -2.11. The highest BCUT2D eigenvalue weighted by atomic mass is 32.1. The fourth-order valence-electron chi connectivity index (χ4n) is 1.85. The highest BCUT2D eigenvalue weighted by molar-refractivity contribution is 7.09. The first-order valence-electron chi connectivity index (χ1n) is 6.16. The van der Waals surface area contributed by atoms with Crippen molar-refractivity contribution >= 4 is 17.0 Å². The third kappa shape index (κ3) is 3.95. The van der Waals surface area contributed by atoms with E-state index in [1.807, 2.05) is 12.3 Å². The van der Waals surface area contributed by atoms with Crippen LogP contribution in [0.3, 0.4) is 0 Å². The van der Waals surface area contributed by atoms with Crippen LogP contribution in [0.2, 0.25) is 0 Å². The number of thiazole rings is 1. The largest absolute Gasteiger partial charge is 0.417 e. The van der Waals surface area contributed by atoms with Crippen LogP contribution in [0.4, 0.5) is 18.9 Å². The van der Waals surface area contributed by atoms with E-state index in [2.05, 4.69) is 10.3 Å². The summed E-state index contributed by atoms with van der Waals surface area (Å²) in [7, 11) is 0. The van der Waals surface area contributed by atoms with Gasteiger partial charge >= 0.3 is 6.18 Å². The van der Waals surface area contributed by atoms with E-state index in [0.717, 1.165) is 16.8 Å². The Balaban J connectivity index is 2.03. The first-order chi connectivity index (χ1) is 9.90. The van der Waals surface area contributed by atoms with Crippen LogP contribution in [0.1, 0.15) is 21.8 Å². The maximum atomic E-state index is 12.7. The second kappa shape index (κ2) is 6.14. The first-order valence-corrected chi connectivity index (χ1v) is 7.04. The van der Waals surface area contributed by atoms with Crippen LogP contribution in [0.5, 0.6) is 0 Å². The fraction of sp³-hybridized carbons (Fsp3) is 0.286. The molecule has 21 heavy (non-hydrogen) atoms. The zero-order valence-electron chi connectivity index (χ0n) is 11.2. The number of aromatic nitrogens is 1. The smallest absolute Gasteiger partial charge is 0.385 e. The number of hydrogen-bond donors (Lipinski definition) is 1. The molecule has 0 saturated heterocycles. The molecular formula is C14H12F3N3S. The SMILES string of the molecule is Cc1nc(CCNc2ccc(C(F)(F)F)c(C#N)c2)cs1. The summed E-state index contributed by atoms with van der Waals surface area (Å²) in [6, 6.07) is 5.05. The molecule has 0 aliphatic rings. The predicted octanol–water partition coefficient (Wildman–Crippen LogP) is 4.00. The highest BCUT2D eigenvalue weighted by Gasteiger charge is 2.33. The van der Waals surface area contributed by atoms with Gasteiger partial charge in [-0.2, -0.15) is 18.4 Å². The molecule has 0 saturated carbocycles. The van der Waals surface area contributed by atoms with Gasteiger partial charge in [-0.1, -0.05) is 0 Å². The first kappa shape index (κ1) is 15.3. The molecule has 2 aromatic rings. The van der Waals surface area contributed by atoms with Gasteiger partial charge in [-0.3, -0.25) is 0 Å². The minimum atomic E-state index is -4.51. The van der Waals surface area contributed by atoms with Crippen LogP contribution in [0.15, 0.2) is 23.6 Å². The molecule has 0 bridgehead atoms. The number of benzene rings is 1. The summed E-state index contributed by atoms with van der Waals surface area (Å²) in [4.78, 5) is 4.30. The highest BCUT2D eigenvalue weighted by Crippen LogP contribution is 2.32. The van der Waals surface area contributed by atoms with E-state index in [9.17, 15) is 13.2 Å². The monoisotopic (exact) mass is 311 g/mol. The van der Waals surface area contributed by atoms with Gasteiger partial charge in [-0.25, -0.2) is 4.98 Å². The normalized spacial score (nSPS) is 11.2. The maximum Gasteiger partial charge on any atom is 0.417 e. The second-order valence-electron chi connectivity index (χ2n) is 4.40. The van der Waals surface area contributed by atoms with E-state index in [1.54, 1.807) is 17.4 Å². The number of nitriles is 1. The molecule has 1 heterocycles. The van der Waals surface area contributed by atoms with Crippen molar-refractivity contribution in [3.05, 3.63) is 45.4 Å². The number of aryl methyl sites for hydroxylation is 1. The summed E-state index contributed by atoms with van der Waals surface area (Å²) in [5.41, 5.74) is 0.145. The Kier molecular flexibility index (Phi) is 4.48. The maximum absolute atomic E-state index is 12.7.